The summed E-state index contributed by atoms with van der Waals surface area (Å²) in [6.07, 6.45) is 5.43. The van der Waals surface area contributed by atoms with Gasteiger partial charge in [0.15, 0.2) is 0 Å². The Morgan fingerprint density at radius 2 is 1.90 bits per heavy atom. The molecule has 0 unspecified atom stereocenters. The van der Waals surface area contributed by atoms with E-state index in [1.807, 2.05) is 6.07 Å². The molecule has 0 atom stereocenters. The molecule has 2 fully saturated rings. The summed E-state index contributed by atoms with van der Waals surface area (Å²) < 4.78 is 11.4. The Morgan fingerprint density at radius 3 is 2.57 bits per heavy atom. The van der Waals surface area contributed by atoms with E-state index in [9.17, 15) is 4.21 Å². The van der Waals surface area contributed by atoms with Crippen molar-refractivity contribution in [2.75, 3.05) is 28.7 Å². The lowest BCUT2D eigenvalue weighted by atomic mass is 10.1. The van der Waals surface area contributed by atoms with E-state index >= 15 is 0 Å². The molecular formula is C15H24N4OS. The summed E-state index contributed by atoms with van der Waals surface area (Å²) >= 11 is 0. The van der Waals surface area contributed by atoms with Gasteiger partial charge in [-0.1, -0.05) is 6.92 Å². The van der Waals surface area contributed by atoms with Crippen LogP contribution in [0.25, 0.3) is 0 Å². The lowest BCUT2D eigenvalue weighted by molar-refractivity contribution is 0.622. The van der Waals surface area contributed by atoms with Gasteiger partial charge in [0.1, 0.15) is 17.5 Å². The molecule has 1 saturated carbocycles. The molecule has 1 aromatic heterocycles. The van der Waals surface area contributed by atoms with Crippen LogP contribution in [0.1, 0.15) is 50.8 Å². The summed E-state index contributed by atoms with van der Waals surface area (Å²) in [6, 6.07) is 2.40. The first-order valence-corrected chi connectivity index (χ1v) is 9.47. The molecule has 0 aromatic carbocycles. The van der Waals surface area contributed by atoms with E-state index in [0.29, 0.717) is 12.0 Å². The van der Waals surface area contributed by atoms with E-state index in [1.54, 1.807) is 0 Å². The van der Waals surface area contributed by atoms with Crippen molar-refractivity contribution in [3.63, 3.8) is 0 Å². The van der Waals surface area contributed by atoms with E-state index in [1.165, 1.54) is 12.8 Å². The molecule has 0 amide bonds. The average molecular weight is 308 g/mol. The maximum absolute atomic E-state index is 11.4. The van der Waals surface area contributed by atoms with Crippen LogP contribution in [0.4, 0.5) is 11.6 Å². The molecule has 1 saturated heterocycles. The van der Waals surface area contributed by atoms with Crippen LogP contribution in [0, 0.1) is 0 Å². The molecule has 0 bridgehead atoms. The third-order valence-corrected chi connectivity index (χ3v) is 5.36. The first-order chi connectivity index (χ1) is 10.2. The fourth-order valence-electron chi connectivity index (χ4n) is 2.55. The Hall–Kier alpha value is -1.17. The van der Waals surface area contributed by atoms with Crippen molar-refractivity contribution in [2.24, 2.45) is 0 Å². The predicted octanol–water partition coefficient (Wildman–Crippen LogP) is 2.50. The van der Waals surface area contributed by atoms with Crippen molar-refractivity contribution in [1.29, 1.82) is 0 Å². The van der Waals surface area contributed by atoms with Crippen molar-refractivity contribution >= 4 is 22.4 Å². The first kappa shape index (κ1) is 14.8. The molecule has 0 spiro atoms. The van der Waals surface area contributed by atoms with Gasteiger partial charge in [0.25, 0.3) is 0 Å². The van der Waals surface area contributed by atoms with Gasteiger partial charge in [0.2, 0.25) is 0 Å². The minimum Gasteiger partial charge on any atom is -0.370 e. The average Bonchev–Trinajstić information content (AvgIpc) is 3.32. The molecular weight excluding hydrogens is 284 g/mol. The SMILES string of the molecule is CCCNc1cc(NC2CCS(=O)CC2)nc(C2CC2)n1. The molecule has 1 aliphatic carbocycles. The Morgan fingerprint density at radius 1 is 1.19 bits per heavy atom. The Balaban J connectivity index is 1.70. The Kier molecular flexibility index (Phi) is 4.73. The van der Waals surface area contributed by atoms with Gasteiger partial charge in [-0.15, -0.1) is 0 Å². The smallest absolute Gasteiger partial charge is 0.136 e. The van der Waals surface area contributed by atoms with Gasteiger partial charge in [0.05, 0.1) is 0 Å². The highest BCUT2D eigenvalue weighted by molar-refractivity contribution is 7.85. The monoisotopic (exact) mass is 308 g/mol. The number of rotatable bonds is 6. The number of hydrogen-bond donors (Lipinski definition) is 2. The van der Waals surface area contributed by atoms with Crippen molar-refractivity contribution in [3.05, 3.63) is 11.9 Å². The van der Waals surface area contributed by atoms with E-state index in [4.69, 9.17) is 0 Å². The van der Waals surface area contributed by atoms with E-state index in [0.717, 1.165) is 54.8 Å². The second-order valence-corrected chi connectivity index (χ2v) is 7.66. The van der Waals surface area contributed by atoms with Gasteiger partial charge in [0, 0.05) is 46.9 Å². The Bertz CT molecular complexity index is 508. The number of hydrogen-bond acceptors (Lipinski definition) is 5. The van der Waals surface area contributed by atoms with E-state index < -0.39 is 10.8 Å². The van der Waals surface area contributed by atoms with Gasteiger partial charge < -0.3 is 10.6 Å². The van der Waals surface area contributed by atoms with E-state index in [2.05, 4.69) is 27.5 Å². The molecule has 1 aromatic rings. The summed E-state index contributed by atoms with van der Waals surface area (Å²) in [6.45, 7) is 3.08. The summed E-state index contributed by atoms with van der Waals surface area (Å²) in [4.78, 5) is 9.31. The topological polar surface area (TPSA) is 66.9 Å². The Labute approximate surface area is 128 Å². The third kappa shape index (κ3) is 4.15. The maximum Gasteiger partial charge on any atom is 0.136 e. The fraction of sp³-hybridized carbons (Fsp3) is 0.733. The normalized spacial score (nSPS) is 25.6. The van der Waals surface area contributed by atoms with Gasteiger partial charge >= 0.3 is 0 Å². The second kappa shape index (κ2) is 6.73. The second-order valence-electron chi connectivity index (χ2n) is 5.96. The molecule has 5 nitrogen and oxygen atoms in total. The van der Waals surface area contributed by atoms with E-state index in [-0.39, 0.29) is 0 Å². The molecule has 116 valence electrons. The van der Waals surface area contributed by atoms with Crippen LogP contribution in [0.3, 0.4) is 0 Å². The number of aromatic nitrogens is 2. The number of anilines is 2. The van der Waals surface area contributed by atoms with Crippen molar-refractivity contribution in [1.82, 2.24) is 9.97 Å². The highest BCUT2D eigenvalue weighted by Crippen LogP contribution is 2.39. The number of nitrogens with one attached hydrogen (secondary N) is 2. The molecule has 2 heterocycles. The van der Waals surface area contributed by atoms with Crippen LogP contribution in [-0.4, -0.2) is 38.3 Å². The minimum absolute atomic E-state index is 0.392. The van der Waals surface area contributed by atoms with Crippen LogP contribution in [0.5, 0.6) is 0 Å². The zero-order valence-electron chi connectivity index (χ0n) is 12.6. The fourth-order valence-corrected chi connectivity index (χ4v) is 3.85. The van der Waals surface area contributed by atoms with Crippen molar-refractivity contribution in [3.8, 4) is 0 Å². The van der Waals surface area contributed by atoms with Crippen LogP contribution >= 0.6 is 0 Å². The van der Waals surface area contributed by atoms with Crippen LogP contribution < -0.4 is 10.6 Å². The molecule has 6 heteroatoms. The molecule has 3 rings (SSSR count). The molecule has 21 heavy (non-hydrogen) atoms. The van der Waals surface area contributed by atoms with Gasteiger partial charge in [-0.2, -0.15) is 0 Å². The van der Waals surface area contributed by atoms with Crippen LogP contribution in [0.15, 0.2) is 6.07 Å². The first-order valence-electron chi connectivity index (χ1n) is 7.99. The highest BCUT2D eigenvalue weighted by Gasteiger charge is 2.28. The summed E-state index contributed by atoms with van der Waals surface area (Å²) in [5.74, 6) is 4.97. The zero-order chi connectivity index (χ0) is 14.7. The lowest BCUT2D eigenvalue weighted by Gasteiger charge is -2.23. The molecule has 2 N–H and O–H groups in total. The maximum atomic E-state index is 11.4. The highest BCUT2D eigenvalue weighted by atomic mass is 32.2. The van der Waals surface area contributed by atoms with Crippen LogP contribution in [0.2, 0.25) is 0 Å². The quantitative estimate of drug-likeness (QED) is 0.845. The zero-order valence-corrected chi connectivity index (χ0v) is 13.4. The summed E-state index contributed by atoms with van der Waals surface area (Å²) in [7, 11) is -0.614. The third-order valence-electron chi connectivity index (χ3n) is 3.98. The molecule has 0 radical (unpaired) electrons. The van der Waals surface area contributed by atoms with Crippen LogP contribution in [-0.2, 0) is 10.8 Å². The van der Waals surface area contributed by atoms with Crippen molar-refractivity contribution < 1.29 is 4.21 Å². The van der Waals surface area contributed by atoms with Crippen molar-refractivity contribution in [2.45, 2.75) is 51.0 Å². The lowest BCUT2D eigenvalue weighted by Crippen LogP contribution is -2.29. The molecule has 2 aliphatic rings. The largest absolute Gasteiger partial charge is 0.370 e. The van der Waals surface area contributed by atoms with Gasteiger partial charge in [-0.05, 0) is 32.1 Å². The molecule has 1 aliphatic heterocycles. The predicted molar refractivity (Wildman–Crippen MR) is 87.3 cm³/mol. The summed E-state index contributed by atoms with van der Waals surface area (Å²) in [5, 5.41) is 6.88. The minimum atomic E-state index is -0.614. The van der Waals surface area contributed by atoms with Gasteiger partial charge in [-0.25, -0.2) is 9.97 Å². The summed E-state index contributed by atoms with van der Waals surface area (Å²) in [5.41, 5.74) is 0. The standard InChI is InChI=1S/C15H24N4OS/c1-2-7-16-13-10-14(19-15(18-13)11-3-4-11)17-12-5-8-21(20)9-6-12/h10-12H,2-9H2,1H3,(H2,16,17,18,19). The number of nitrogens with zero attached hydrogens (tertiary/aromatic N) is 2. The van der Waals surface area contributed by atoms with Gasteiger partial charge in [-0.3, -0.25) is 4.21 Å².